The molecular weight excluding hydrogens is 366 g/mol. The van der Waals surface area contributed by atoms with Gasteiger partial charge in [-0.3, -0.25) is 4.90 Å². The number of aliphatic hydroxyl groups is 1. The summed E-state index contributed by atoms with van der Waals surface area (Å²) in [5.74, 6) is 2.33. The van der Waals surface area contributed by atoms with Gasteiger partial charge in [0.25, 0.3) is 0 Å². The molecule has 4 nitrogen and oxygen atoms in total. The summed E-state index contributed by atoms with van der Waals surface area (Å²) in [6, 6.07) is 6.57. The van der Waals surface area contributed by atoms with Crippen LogP contribution in [-0.4, -0.2) is 61.0 Å². The van der Waals surface area contributed by atoms with Gasteiger partial charge in [0.2, 0.25) is 0 Å². The van der Waals surface area contributed by atoms with Crippen LogP contribution in [0.3, 0.4) is 0 Å². The second kappa shape index (κ2) is 10.8. The number of ether oxygens (including phenoxy) is 1. The Bertz CT molecular complexity index is 541. The lowest BCUT2D eigenvalue weighted by Crippen LogP contribution is -2.49. The molecule has 0 aromatic heterocycles. The van der Waals surface area contributed by atoms with Crippen LogP contribution in [0.1, 0.15) is 13.8 Å². The van der Waals surface area contributed by atoms with E-state index in [-0.39, 0.29) is 37.2 Å². The maximum absolute atomic E-state index is 13.0. The molecule has 1 N–H and O–H groups in total. The van der Waals surface area contributed by atoms with Crippen LogP contribution in [0, 0.1) is 18.2 Å². The lowest BCUT2D eigenvalue weighted by atomic mass is 10.1. The Morgan fingerprint density at radius 1 is 1.20 bits per heavy atom. The number of benzene rings is 1. The molecule has 2 rings (SSSR count). The fraction of sp³-hybridized carbons (Fsp3) is 0.556. The first-order chi connectivity index (χ1) is 10.9. The van der Waals surface area contributed by atoms with Gasteiger partial charge >= 0.3 is 0 Å². The van der Waals surface area contributed by atoms with Gasteiger partial charge in [-0.15, -0.1) is 31.2 Å². The van der Waals surface area contributed by atoms with Gasteiger partial charge in [0.15, 0.2) is 0 Å². The van der Waals surface area contributed by atoms with Crippen molar-refractivity contribution in [2.75, 3.05) is 44.2 Å². The number of nitrogens with zero attached hydrogens (tertiary/aromatic N) is 2. The summed E-state index contributed by atoms with van der Waals surface area (Å²) < 4.78 is 18.5. The minimum absolute atomic E-state index is 0. The van der Waals surface area contributed by atoms with E-state index < -0.39 is 11.7 Å². The van der Waals surface area contributed by atoms with Crippen LogP contribution in [0.5, 0.6) is 0 Å². The summed E-state index contributed by atoms with van der Waals surface area (Å²) in [7, 11) is 0. The maximum Gasteiger partial charge on any atom is 0.123 e. The summed E-state index contributed by atoms with van der Waals surface area (Å²) >= 11 is 0. The summed E-state index contributed by atoms with van der Waals surface area (Å²) in [5.41, 5.74) is 0.383. The molecule has 1 atom stereocenters. The Morgan fingerprint density at radius 3 is 2.28 bits per heavy atom. The van der Waals surface area contributed by atoms with Crippen molar-refractivity contribution < 1.29 is 14.2 Å². The molecule has 1 heterocycles. The number of anilines is 1. The van der Waals surface area contributed by atoms with Gasteiger partial charge in [-0.05, 0) is 38.1 Å². The SMILES string of the molecule is C#CC(C)(C)OCC(O)CN1CCN(c2ccc(F)cc2)CC1.Cl.Cl. The number of hydrogen-bond acceptors (Lipinski definition) is 4. The predicted molar refractivity (Wildman–Crippen MR) is 104 cm³/mol. The van der Waals surface area contributed by atoms with E-state index in [4.69, 9.17) is 11.2 Å². The van der Waals surface area contributed by atoms with Crippen LogP contribution in [0.2, 0.25) is 0 Å². The van der Waals surface area contributed by atoms with Gasteiger partial charge in [0.1, 0.15) is 11.4 Å². The third-order valence-electron chi connectivity index (χ3n) is 4.02. The van der Waals surface area contributed by atoms with Crippen LogP contribution >= 0.6 is 24.8 Å². The lowest BCUT2D eigenvalue weighted by Gasteiger charge is -2.37. The zero-order valence-electron chi connectivity index (χ0n) is 14.7. The minimum atomic E-state index is -0.651. The zero-order chi connectivity index (χ0) is 16.9. The largest absolute Gasteiger partial charge is 0.389 e. The van der Waals surface area contributed by atoms with Crippen LogP contribution in [0.15, 0.2) is 24.3 Å². The number of β-amino-alcohol motifs (C(OH)–C–C–N with tert-alkyl or cyclic N) is 1. The Labute approximate surface area is 162 Å². The number of rotatable bonds is 6. The number of aliphatic hydroxyl groups excluding tert-OH is 1. The Balaban J connectivity index is 0.00000288. The van der Waals surface area contributed by atoms with Crippen molar-refractivity contribution in [2.45, 2.75) is 25.6 Å². The van der Waals surface area contributed by atoms with E-state index >= 15 is 0 Å². The van der Waals surface area contributed by atoms with Gasteiger partial charge in [-0.25, -0.2) is 4.39 Å². The number of piperazine rings is 1. The normalized spacial score (nSPS) is 16.4. The second-order valence-corrected chi connectivity index (χ2v) is 6.38. The number of hydrogen-bond donors (Lipinski definition) is 1. The first-order valence-corrected chi connectivity index (χ1v) is 7.92. The fourth-order valence-electron chi connectivity index (χ4n) is 2.54. The van der Waals surface area contributed by atoms with Crippen molar-refractivity contribution in [3.05, 3.63) is 30.1 Å². The molecule has 142 valence electrons. The summed E-state index contributed by atoms with van der Waals surface area (Å²) in [6.45, 7) is 7.83. The van der Waals surface area contributed by atoms with E-state index in [9.17, 15) is 9.50 Å². The van der Waals surface area contributed by atoms with Crippen molar-refractivity contribution >= 4 is 30.5 Å². The van der Waals surface area contributed by atoms with E-state index in [2.05, 4.69) is 15.7 Å². The van der Waals surface area contributed by atoms with E-state index in [1.165, 1.54) is 12.1 Å². The molecule has 7 heteroatoms. The van der Waals surface area contributed by atoms with Gasteiger partial charge in [0, 0.05) is 38.4 Å². The minimum Gasteiger partial charge on any atom is -0.389 e. The molecule has 1 aromatic carbocycles. The van der Waals surface area contributed by atoms with Crippen LogP contribution in [-0.2, 0) is 4.74 Å². The maximum atomic E-state index is 13.0. The van der Waals surface area contributed by atoms with Gasteiger partial charge in [-0.1, -0.05) is 5.92 Å². The molecule has 0 aliphatic carbocycles. The third-order valence-corrected chi connectivity index (χ3v) is 4.02. The summed E-state index contributed by atoms with van der Waals surface area (Å²) in [6.07, 6.45) is 4.81. The first-order valence-electron chi connectivity index (χ1n) is 7.92. The Kier molecular flexibility index (Phi) is 10.4. The van der Waals surface area contributed by atoms with E-state index in [1.807, 2.05) is 0 Å². The van der Waals surface area contributed by atoms with Crippen molar-refractivity contribution in [1.29, 1.82) is 0 Å². The topological polar surface area (TPSA) is 35.9 Å². The molecule has 0 bridgehead atoms. The smallest absolute Gasteiger partial charge is 0.123 e. The molecule has 1 aromatic rings. The van der Waals surface area contributed by atoms with Crippen molar-refractivity contribution in [3.63, 3.8) is 0 Å². The van der Waals surface area contributed by atoms with E-state index in [0.29, 0.717) is 6.54 Å². The lowest BCUT2D eigenvalue weighted by molar-refractivity contribution is -0.0376. The molecular formula is C18H27Cl2FN2O2. The highest BCUT2D eigenvalue weighted by Crippen LogP contribution is 2.17. The molecule has 25 heavy (non-hydrogen) atoms. The van der Waals surface area contributed by atoms with Gasteiger partial charge in [0.05, 0.1) is 12.7 Å². The second-order valence-electron chi connectivity index (χ2n) is 6.38. The zero-order valence-corrected chi connectivity index (χ0v) is 16.3. The molecule has 0 radical (unpaired) electrons. The predicted octanol–water partition coefficient (Wildman–Crippen LogP) is 2.58. The molecule has 1 unspecified atom stereocenters. The van der Waals surface area contributed by atoms with Gasteiger partial charge in [-0.2, -0.15) is 0 Å². The molecule has 0 amide bonds. The highest BCUT2D eigenvalue weighted by molar-refractivity contribution is 5.85. The molecule has 1 aliphatic rings. The van der Waals surface area contributed by atoms with Gasteiger partial charge < -0.3 is 14.7 Å². The Morgan fingerprint density at radius 2 is 1.76 bits per heavy atom. The average Bonchev–Trinajstić information content (AvgIpc) is 2.55. The third kappa shape index (κ3) is 7.81. The molecule has 1 fully saturated rings. The molecule has 1 aliphatic heterocycles. The Hall–Kier alpha value is -1.03. The average molecular weight is 393 g/mol. The molecule has 0 saturated carbocycles. The summed E-state index contributed by atoms with van der Waals surface area (Å²) in [5, 5.41) is 10.1. The van der Waals surface area contributed by atoms with E-state index in [1.54, 1.807) is 26.0 Å². The molecule has 1 saturated heterocycles. The van der Waals surface area contributed by atoms with Crippen molar-refractivity contribution in [3.8, 4) is 12.3 Å². The van der Waals surface area contributed by atoms with Crippen LogP contribution in [0.4, 0.5) is 10.1 Å². The fourth-order valence-corrected chi connectivity index (χ4v) is 2.54. The monoisotopic (exact) mass is 392 g/mol. The highest BCUT2D eigenvalue weighted by atomic mass is 35.5. The standard InChI is InChI=1S/C18H25FN2O2.2ClH/c1-4-18(2,3)23-14-17(22)13-20-9-11-21(12-10-20)16-7-5-15(19)6-8-16;;/h1,5-8,17,22H,9-14H2,2-3H3;2*1H. The first kappa shape index (κ1) is 24.0. The summed E-state index contributed by atoms with van der Waals surface area (Å²) in [4.78, 5) is 4.43. The number of halogens is 3. The van der Waals surface area contributed by atoms with Crippen molar-refractivity contribution in [2.24, 2.45) is 0 Å². The molecule has 0 spiro atoms. The quantitative estimate of drug-likeness (QED) is 0.754. The van der Waals surface area contributed by atoms with Crippen LogP contribution < -0.4 is 4.90 Å². The highest BCUT2D eigenvalue weighted by Gasteiger charge is 2.21. The van der Waals surface area contributed by atoms with Crippen molar-refractivity contribution in [1.82, 2.24) is 4.90 Å². The number of terminal acetylenes is 1. The van der Waals surface area contributed by atoms with Crippen LogP contribution in [0.25, 0.3) is 0 Å². The van der Waals surface area contributed by atoms with E-state index in [0.717, 1.165) is 31.9 Å².